The molecule has 0 saturated heterocycles. The zero-order valence-corrected chi connectivity index (χ0v) is 11.6. The second-order valence-corrected chi connectivity index (χ2v) is 5.12. The van der Waals surface area contributed by atoms with E-state index in [1.165, 1.54) is 13.8 Å². The molecule has 6 nitrogen and oxygen atoms in total. The topological polar surface area (TPSA) is 70.8 Å². The highest BCUT2D eigenvalue weighted by atomic mass is 16.3. The maximum atomic E-state index is 10.3. The first kappa shape index (κ1) is 17.3. The van der Waals surface area contributed by atoms with Crippen LogP contribution in [0.2, 0.25) is 0 Å². The standard InChI is InChI=1S/2C5H12N2O/c2*1-5(8)6-7(2,3)4/h2*1-4H3. The third kappa shape index (κ3) is 23.0. The van der Waals surface area contributed by atoms with Crippen molar-refractivity contribution in [3.05, 3.63) is 0 Å². The van der Waals surface area contributed by atoms with Gasteiger partial charge in [0, 0.05) is 11.8 Å². The molecule has 6 heteroatoms. The molecule has 0 amide bonds. The lowest BCUT2D eigenvalue weighted by molar-refractivity contribution is -0.878. The molecule has 0 unspecified atom stereocenters. The molecule has 0 aliphatic heterocycles. The van der Waals surface area contributed by atoms with E-state index >= 15 is 0 Å². The Labute approximate surface area is 98.3 Å². The van der Waals surface area contributed by atoms with Crippen LogP contribution in [-0.2, 0) is 0 Å². The fraction of sp³-hybridized carbons (Fsp3) is 0.800. The summed E-state index contributed by atoms with van der Waals surface area (Å²) in [6.07, 6.45) is 0. The van der Waals surface area contributed by atoms with E-state index < -0.39 is 0 Å². The molecule has 0 atom stereocenters. The Morgan fingerprint density at radius 2 is 0.875 bits per heavy atom. The Hall–Kier alpha value is -1.14. The molecule has 0 heterocycles. The summed E-state index contributed by atoms with van der Waals surface area (Å²) in [5, 5.41) is 28.0. The smallest absolute Gasteiger partial charge is 0.0923 e. The summed E-state index contributed by atoms with van der Waals surface area (Å²) in [5.41, 5.74) is 0. The molecular formula is C10H24N4O2. The van der Waals surface area contributed by atoms with Crippen LogP contribution in [0, 0.1) is 0 Å². The van der Waals surface area contributed by atoms with Gasteiger partial charge in [-0.1, -0.05) is 0 Å². The van der Waals surface area contributed by atoms with Crippen LogP contribution < -0.4 is 10.2 Å². The van der Waals surface area contributed by atoms with Crippen LogP contribution in [0.3, 0.4) is 0 Å². The van der Waals surface area contributed by atoms with Crippen LogP contribution in [-0.4, -0.2) is 63.3 Å². The van der Waals surface area contributed by atoms with Gasteiger partial charge in [0.05, 0.1) is 42.3 Å². The van der Waals surface area contributed by atoms with Crippen molar-refractivity contribution in [2.45, 2.75) is 13.8 Å². The normalized spacial score (nSPS) is 14.2. The maximum absolute atomic E-state index is 10.3. The van der Waals surface area contributed by atoms with E-state index in [-0.39, 0.29) is 11.8 Å². The lowest BCUT2D eigenvalue weighted by atomic mass is 10.8. The Morgan fingerprint density at radius 1 is 0.688 bits per heavy atom. The average Bonchev–Trinajstić information content (AvgIpc) is 1.72. The Balaban J connectivity index is 0. The number of rotatable bonds is 2. The van der Waals surface area contributed by atoms with Crippen molar-refractivity contribution in [1.29, 1.82) is 0 Å². The van der Waals surface area contributed by atoms with Gasteiger partial charge in [0.15, 0.2) is 0 Å². The molecular weight excluding hydrogens is 208 g/mol. The van der Waals surface area contributed by atoms with Crippen molar-refractivity contribution >= 4 is 11.8 Å². The molecule has 0 aliphatic carbocycles. The molecule has 0 aromatic carbocycles. The lowest BCUT2D eigenvalue weighted by Gasteiger charge is -2.17. The first-order chi connectivity index (χ1) is 6.83. The summed E-state index contributed by atoms with van der Waals surface area (Å²) in [6.45, 7) is 2.90. The predicted octanol–water partition coefficient (Wildman–Crippen LogP) is -1.23. The molecule has 0 saturated carbocycles. The fourth-order valence-corrected chi connectivity index (χ4v) is 0.845. The summed E-state index contributed by atoms with van der Waals surface area (Å²) < 4.78 is 0.713. The van der Waals surface area contributed by atoms with Gasteiger partial charge in [-0.25, -0.2) is 9.18 Å². The van der Waals surface area contributed by atoms with E-state index in [2.05, 4.69) is 10.2 Å². The molecule has 0 bridgehead atoms. The van der Waals surface area contributed by atoms with Crippen molar-refractivity contribution in [3.8, 4) is 0 Å². The molecule has 0 aromatic heterocycles. The van der Waals surface area contributed by atoms with Gasteiger partial charge in [-0.05, 0) is 13.8 Å². The minimum Gasteiger partial charge on any atom is -0.858 e. The SMILES string of the molecule is CC([O-])=N[N+](C)(C)C.CC([O-])=N[N+](C)(C)C. The van der Waals surface area contributed by atoms with Crippen LogP contribution >= 0.6 is 0 Å². The summed E-state index contributed by atoms with van der Waals surface area (Å²) in [4.78, 5) is 0. The molecule has 0 radical (unpaired) electrons. The van der Waals surface area contributed by atoms with Crippen LogP contribution in [0.15, 0.2) is 10.2 Å². The van der Waals surface area contributed by atoms with E-state index in [0.29, 0.717) is 9.18 Å². The summed E-state index contributed by atoms with van der Waals surface area (Å²) in [7, 11) is 11.0. The Kier molecular flexibility index (Phi) is 6.95. The molecule has 0 aliphatic rings. The molecule has 96 valence electrons. The van der Waals surface area contributed by atoms with Crippen molar-refractivity contribution in [3.63, 3.8) is 0 Å². The van der Waals surface area contributed by atoms with Gasteiger partial charge in [0.25, 0.3) is 0 Å². The van der Waals surface area contributed by atoms with Crippen molar-refractivity contribution in [2.24, 2.45) is 10.2 Å². The molecule has 0 fully saturated rings. The first-order valence-corrected chi connectivity index (χ1v) is 4.94. The molecule has 0 spiro atoms. The zero-order valence-electron chi connectivity index (χ0n) is 11.6. The molecule has 16 heavy (non-hydrogen) atoms. The highest BCUT2D eigenvalue weighted by molar-refractivity contribution is 5.67. The van der Waals surface area contributed by atoms with Gasteiger partial charge in [-0.3, -0.25) is 0 Å². The highest BCUT2D eigenvalue weighted by Crippen LogP contribution is 1.89. The minimum absolute atomic E-state index is 0.127. The number of hydrogen-bond donors (Lipinski definition) is 0. The Bertz CT molecular complexity index is 223. The van der Waals surface area contributed by atoms with Crippen molar-refractivity contribution in [2.75, 3.05) is 42.3 Å². The predicted molar refractivity (Wildman–Crippen MR) is 62.3 cm³/mol. The van der Waals surface area contributed by atoms with Crippen LogP contribution in [0.4, 0.5) is 0 Å². The third-order valence-electron chi connectivity index (χ3n) is 0.882. The van der Waals surface area contributed by atoms with E-state index in [4.69, 9.17) is 0 Å². The summed E-state index contributed by atoms with van der Waals surface area (Å²) >= 11 is 0. The highest BCUT2D eigenvalue weighted by Gasteiger charge is 2.00. The first-order valence-electron chi connectivity index (χ1n) is 4.94. The van der Waals surface area contributed by atoms with Gasteiger partial charge < -0.3 is 10.2 Å². The number of hydrogen-bond acceptors (Lipinski definition) is 4. The van der Waals surface area contributed by atoms with Gasteiger partial charge in [0.1, 0.15) is 0 Å². The van der Waals surface area contributed by atoms with E-state index in [9.17, 15) is 10.2 Å². The monoisotopic (exact) mass is 232 g/mol. The third-order valence-corrected chi connectivity index (χ3v) is 0.882. The zero-order chi connectivity index (χ0) is 13.6. The van der Waals surface area contributed by atoms with Crippen LogP contribution in [0.1, 0.15) is 13.8 Å². The van der Waals surface area contributed by atoms with Gasteiger partial charge in [-0.15, -0.1) is 10.2 Å². The summed E-state index contributed by atoms with van der Waals surface area (Å²) in [6, 6.07) is 0. The van der Waals surface area contributed by atoms with Gasteiger partial charge >= 0.3 is 0 Å². The van der Waals surface area contributed by atoms with Crippen molar-refractivity contribution < 1.29 is 19.4 Å². The largest absolute Gasteiger partial charge is 0.858 e. The van der Waals surface area contributed by atoms with E-state index in [1.54, 1.807) is 0 Å². The number of nitrogens with zero attached hydrogens (tertiary/aromatic N) is 4. The van der Waals surface area contributed by atoms with Crippen LogP contribution in [0.5, 0.6) is 0 Å². The quantitative estimate of drug-likeness (QED) is 0.259. The minimum atomic E-state index is -0.127. The molecule has 0 N–H and O–H groups in total. The van der Waals surface area contributed by atoms with Crippen molar-refractivity contribution in [1.82, 2.24) is 0 Å². The van der Waals surface area contributed by atoms with E-state index in [1.807, 2.05) is 42.3 Å². The molecule has 0 rings (SSSR count). The van der Waals surface area contributed by atoms with E-state index in [0.717, 1.165) is 0 Å². The average molecular weight is 232 g/mol. The Morgan fingerprint density at radius 3 is 0.875 bits per heavy atom. The molecule has 0 aromatic rings. The van der Waals surface area contributed by atoms with Crippen LogP contribution in [0.25, 0.3) is 0 Å². The maximum Gasteiger partial charge on any atom is 0.0923 e. The fourth-order valence-electron chi connectivity index (χ4n) is 0.845. The van der Waals surface area contributed by atoms with Gasteiger partial charge in [-0.2, -0.15) is 0 Å². The second kappa shape index (κ2) is 6.44. The van der Waals surface area contributed by atoms with Gasteiger partial charge in [0.2, 0.25) is 0 Å². The number of quaternary nitrogens is 2. The lowest BCUT2D eigenvalue weighted by Crippen LogP contribution is -2.31. The summed E-state index contributed by atoms with van der Waals surface area (Å²) in [5.74, 6) is -0.255. The second-order valence-electron chi connectivity index (χ2n) is 5.12.